The number of aromatic nitrogens is 3. The number of hydrogen-bond acceptors (Lipinski definition) is 6. The number of nitrogens with one attached hydrogen (secondary N) is 1. The first-order valence-corrected chi connectivity index (χ1v) is 9.56. The molecule has 5 rings (SSSR count). The summed E-state index contributed by atoms with van der Waals surface area (Å²) >= 11 is 0. The van der Waals surface area contributed by atoms with Crippen molar-refractivity contribution in [2.75, 3.05) is 12.1 Å². The molecular weight excluding hydrogens is 372 g/mol. The van der Waals surface area contributed by atoms with Gasteiger partial charge in [-0.3, -0.25) is 4.79 Å². The molecule has 1 amide bonds. The fourth-order valence-electron chi connectivity index (χ4n) is 3.74. The number of aliphatic hydroxyl groups is 1. The first-order valence-electron chi connectivity index (χ1n) is 9.56. The summed E-state index contributed by atoms with van der Waals surface area (Å²) in [4.78, 5) is 12.5. The molecule has 0 fully saturated rings. The van der Waals surface area contributed by atoms with Gasteiger partial charge in [-0.2, -0.15) is 0 Å². The average molecular weight is 392 g/mol. The molecule has 0 spiro atoms. The smallest absolute Gasteiger partial charge is 0.277 e. The summed E-state index contributed by atoms with van der Waals surface area (Å²) in [6, 6.07) is 11.3. The molecule has 148 valence electrons. The molecule has 2 N–H and O–H groups in total. The SMILES string of the molecule is O=C(Nc1ccc2c(c1)CCC2)c1cn(CC(O)c2ccc3c(c2)OCO3)nn1. The van der Waals surface area contributed by atoms with Crippen molar-refractivity contribution in [3.05, 3.63) is 65.0 Å². The number of anilines is 1. The van der Waals surface area contributed by atoms with Crippen molar-refractivity contribution in [1.82, 2.24) is 15.0 Å². The zero-order valence-corrected chi connectivity index (χ0v) is 15.7. The van der Waals surface area contributed by atoms with E-state index in [1.807, 2.05) is 12.1 Å². The van der Waals surface area contributed by atoms with Crippen molar-refractivity contribution in [2.45, 2.75) is 31.9 Å². The number of hydrogen-bond donors (Lipinski definition) is 2. The second kappa shape index (κ2) is 7.21. The third kappa shape index (κ3) is 3.54. The van der Waals surface area contributed by atoms with E-state index in [0.717, 1.165) is 24.9 Å². The maximum absolute atomic E-state index is 12.5. The Morgan fingerprint density at radius 1 is 1.14 bits per heavy atom. The number of aryl methyl sites for hydroxylation is 2. The molecule has 0 saturated carbocycles. The maximum Gasteiger partial charge on any atom is 0.277 e. The molecule has 29 heavy (non-hydrogen) atoms. The lowest BCUT2D eigenvalue weighted by molar-refractivity contribution is 0.102. The highest BCUT2D eigenvalue weighted by molar-refractivity contribution is 6.02. The Morgan fingerprint density at radius 3 is 2.93 bits per heavy atom. The Morgan fingerprint density at radius 2 is 2.00 bits per heavy atom. The van der Waals surface area contributed by atoms with Gasteiger partial charge in [-0.25, -0.2) is 4.68 Å². The minimum absolute atomic E-state index is 0.165. The lowest BCUT2D eigenvalue weighted by atomic mass is 10.1. The summed E-state index contributed by atoms with van der Waals surface area (Å²) in [5.41, 5.74) is 4.27. The van der Waals surface area contributed by atoms with Crippen LogP contribution >= 0.6 is 0 Å². The molecule has 0 radical (unpaired) electrons. The lowest BCUT2D eigenvalue weighted by Gasteiger charge is -2.11. The number of nitrogens with zero attached hydrogens (tertiary/aromatic N) is 3. The molecule has 8 nitrogen and oxygen atoms in total. The van der Waals surface area contributed by atoms with Gasteiger partial charge in [0.05, 0.1) is 18.8 Å². The van der Waals surface area contributed by atoms with Gasteiger partial charge in [-0.1, -0.05) is 17.3 Å². The van der Waals surface area contributed by atoms with Crippen LogP contribution in [0.25, 0.3) is 0 Å². The number of carbonyl (C=O) groups excluding carboxylic acids is 1. The maximum atomic E-state index is 12.5. The lowest BCUT2D eigenvalue weighted by Crippen LogP contribution is -2.13. The first-order chi connectivity index (χ1) is 14.2. The van der Waals surface area contributed by atoms with Crippen LogP contribution in [0.2, 0.25) is 0 Å². The standard InChI is InChI=1S/C21H20N4O4/c26-18(15-5-7-19-20(9-15)29-12-28-19)11-25-10-17(23-24-25)21(27)22-16-6-4-13-2-1-3-14(13)8-16/h4-10,18,26H,1-3,11-12H2,(H,22,27). The topological polar surface area (TPSA) is 98.5 Å². The molecule has 1 aliphatic carbocycles. The van der Waals surface area contributed by atoms with Crippen molar-refractivity contribution in [3.63, 3.8) is 0 Å². The number of rotatable bonds is 5. The Hall–Kier alpha value is -3.39. The van der Waals surface area contributed by atoms with E-state index in [0.29, 0.717) is 17.1 Å². The number of fused-ring (bicyclic) bond motifs is 2. The number of carbonyl (C=O) groups is 1. The molecular formula is C21H20N4O4. The Kier molecular flexibility index (Phi) is 4.40. The molecule has 8 heteroatoms. The molecule has 1 unspecified atom stereocenters. The zero-order chi connectivity index (χ0) is 19.8. The summed E-state index contributed by atoms with van der Waals surface area (Å²) in [5.74, 6) is 0.938. The van der Waals surface area contributed by atoms with Crippen LogP contribution < -0.4 is 14.8 Å². The van der Waals surface area contributed by atoms with E-state index in [2.05, 4.69) is 21.7 Å². The molecule has 1 atom stereocenters. The second-order valence-electron chi connectivity index (χ2n) is 7.25. The summed E-state index contributed by atoms with van der Waals surface area (Å²) in [6.45, 7) is 0.347. The van der Waals surface area contributed by atoms with E-state index in [-0.39, 0.29) is 24.9 Å². The first kappa shape index (κ1) is 17.7. The Bertz CT molecular complexity index is 1080. The van der Waals surface area contributed by atoms with E-state index in [9.17, 15) is 9.90 Å². The number of aliphatic hydroxyl groups excluding tert-OH is 1. The van der Waals surface area contributed by atoms with Crippen LogP contribution in [0.5, 0.6) is 11.5 Å². The molecule has 1 aromatic heterocycles. The highest BCUT2D eigenvalue weighted by Crippen LogP contribution is 2.34. The molecule has 0 bridgehead atoms. The van der Waals surface area contributed by atoms with Crippen molar-refractivity contribution in [1.29, 1.82) is 0 Å². The van der Waals surface area contributed by atoms with Gasteiger partial charge in [-0.15, -0.1) is 5.10 Å². The minimum Gasteiger partial charge on any atom is -0.454 e. The predicted molar refractivity (Wildman–Crippen MR) is 104 cm³/mol. The zero-order valence-electron chi connectivity index (χ0n) is 15.7. The van der Waals surface area contributed by atoms with Gasteiger partial charge >= 0.3 is 0 Å². The third-order valence-electron chi connectivity index (χ3n) is 5.27. The summed E-state index contributed by atoms with van der Waals surface area (Å²) < 4.78 is 12.1. The largest absolute Gasteiger partial charge is 0.454 e. The normalized spacial score (nSPS) is 15.2. The quantitative estimate of drug-likeness (QED) is 0.692. The number of benzene rings is 2. The van der Waals surface area contributed by atoms with E-state index in [1.54, 1.807) is 18.2 Å². The van der Waals surface area contributed by atoms with Gasteiger partial charge in [0.25, 0.3) is 5.91 Å². The Balaban J connectivity index is 1.25. The number of amides is 1. The van der Waals surface area contributed by atoms with Crippen molar-refractivity contribution in [2.24, 2.45) is 0 Å². The summed E-state index contributed by atoms with van der Waals surface area (Å²) in [6.07, 6.45) is 4.01. The van der Waals surface area contributed by atoms with Crippen LogP contribution in [0.1, 0.15) is 39.7 Å². The van der Waals surface area contributed by atoms with Crippen LogP contribution in [0, 0.1) is 0 Å². The van der Waals surface area contributed by atoms with Crippen LogP contribution in [0.15, 0.2) is 42.6 Å². The van der Waals surface area contributed by atoms with Gasteiger partial charge in [-0.05, 0) is 60.2 Å². The van der Waals surface area contributed by atoms with Gasteiger partial charge < -0.3 is 19.9 Å². The van der Waals surface area contributed by atoms with E-state index in [4.69, 9.17) is 9.47 Å². The third-order valence-corrected chi connectivity index (χ3v) is 5.27. The summed E-state index contributed by atoms with van der Waals surface area (Å²) in [5, 5.41) is 21.3. The molecule has 2 heterocycles. The summed E-state index contributed by atoms with van der Waals surface area (Å²) in [7, 11) is 0. The molecule has 2 aliphatic rings. The fraction of sp³-hybridized carbons (Fsp3) is 0.286. The van der Waals surface area contributed by atoms with Crippen molar-refractivity contribution in [3.8, 4) is 11.5 Å². The van der Waals surface area contributed by atoms with E-state index < -0.39 is 6.10 Å². The van der Waals surface area contributed by atoms with Gasteiger partial charge in [0.1, 0.15) is 0 Å². The van der Waals surface area contributed by atoms with E-state index >= 15 is 0 Å². The highest BCUT2D eigenvalue weighted by atomic mass is 16.7. The number of ether oxygens (including phenoxy) is 2. The highest BCUT2D eigenvalue weighted by Gasteiger charge is 2.19. The molecule has 2 aromatic carbocycles. The van der Waals surface area contributed by atoms with Gasteiger partial charge in [0.15, 0.2) is 17.2 Å². The molecule has 0 saturated heterocycles. The van der Waals surface area contributed by atoms with Crippen LogP contribution in [0.4, 0.5) is 5.69 Å². The molecule has 3 aromatic rings. The predicted octanol–water partition coefficient (Wildman–Crippen LogP) is 2.48. The Labute approximate surface area is 167 Å². The van der Waals surface area contributed by atoms with Crippen LogP contribution in [0.3, 0.4) is 0 Å². The van der Waals surface area contributed by atoms with Gasteiger partial charge in [0.2, 0.25) is 6.79 Å². The van der Waals surface area contributed by atoms with Crippen LogP contribution in [-0.4, -0.2) is 32.8 Å². The average Bonchev–Trinajstić information content (AvgIpc) is 3.47. The molecule has 1 aliphatic heterocycles. The van der Waals surface area contributed by atoms with Crippen LogP contribution in [-0.2, 0) is 19.4 Å². The second-order valence-corrected chi connectivity index (χ2v) is 7.25. The van der Waals surface area contributed by atoms with Crippen molar-refractivity contribution < 1.29 is 19.4 Å². The fourth-order valence-corrected chi connectivity index (χ4v) is 3.74. The minimum atomic E-state index is -0.821. The van der Waals surface area contributed by atoms with Gasteiger partial charge in [0, 0.05) is 5.69 Å². The monoisotopic (exact) mass is 392 g/mol. The van der Waals surface area contributed by atoms with E-state index in [1.165, 1.54) is 22.0 Å². The van der Waals surface area contributed by atoms with Crippen molar-refractivity contribution >= 4 is 11.6 Å².